The van der Waals surface area contributed by atoms with Crippen LogP contribution in [0.15, 0.2) is 12.1 Å². The van der Waals surface area contributed by atoms with Crippen LogP contribution < -0.4 is 0 Å². The van der Waals surface area contributed by atoms with E-state index >= 15 is 0 Å². The molecular formula is C13H18BrNO2. The molecule has 1 fully saturated rings. The van der Waals surface area contributed by atoms with Gasteiger partial charge in [0.1, 0.15) is 0 Å². The summed E-state index contributed by atoms with van der Waals surface area (Å²) in [7, 11) is 2.18. The normalized spacial score (nSPS) is 27.1. The van der Waals surface area contributed by atoms with E-state index in [4.69, 9.17) is 0 Å². The molecule has 0 spiro atoms. The maximum absolute atomic E-state index is 9.87. The smallest absolute Gasteiger partial charge is 0.160 e. The number of hydrogen-bond acceptors (Lipinski definition) is 3. The first-order chi connectivity index (χ1) is 7.68. The average Bonchev–Trinajstić information content (AvgIpc) is 2.66. The van der Waals surface area contributed by atoms with Gasteiger partial charge in [0.15, 0.2) is 11.5 Å². The van der Waals surface area contributed by atoms with E-state index in [-0.39, 0.29) is 28.5 Å². The summed E-state index contributed by atoms with van der Waals surface area (Å²) in [5.41, 5.74) is 2.22. The van der Waals surface area contributed by atoms with Gasteiger partial charge in [-0.3, -0.25) is 0 Å². The van der Waals surface area contributed by atoms with Gasteiger partial charge in [0, 0.05) is 17.5 Å². The molecule has 3 rings (SSSR count). The second kappa shape index (κ2) is 4.50. The quantitative estimate of drug-likeness (QED) is 0.723. The van der Waals surface area contributed by atoms with Crippen molar-refractivity contribution in [1.82, 2.24) is 4.90 Å². The van der Waals surface area contributed by atoms with Crippen molar-refractivity contribution in [2.24, 2.45) is 0 Å². The lowest BCUT2D eigenvalue weighted by molar-refractivity contribution is 0.272. The van der Waals surface area contributed by atoms with Crippen LogP contribution in [0.3, 0.4) is 0 Å². The highest BCUT2D eigenvalue weighted by atomic mass is 79.9. The molecule has 0 aromatic heterocycles. The summed E-state index contributed by atoms with van der Waals surface area (Å²) in [5, 5.41) is 19.4. The first-order valence-corrected chi connectivity index (χ1v) is 5.92. The lowest BCUT2D eigenvalue weighted by atomic mass is 9.79. The van der Waals surface area contributed by atoms with Crippen LogP contribution >= 0.6 is 17.0 Å². The number of hydrogen-bond donors (Lipinski definition) is 2. The number of nitrogens with zero attached hydrogens (tertiary/aromatic N) is 1. The molecule has 0 amide bonds. The summed E-state index contributed by atoms with van der Waals surface area (Å²) in [6, 6.07) is 4.23. The number of phenols is 2. The molecule has 3 nitrogen and oxygen atoms in total. The lowest BCUT2D eigenvalue weighted by Crippen LogP contribution is -2.32. The van der Waals surface area contributed by atoms with E-state index < -0.39 is 0 Å². The van der Waals surface area contributed by atoms with Gasteiger partial charge >= 0.3 is 0 Å². The van der Waals surface area contributed by atoms with Gasteiger partial charge in [-0.2, -0.15) is 0 Å². The minimum Gasteiger partial charge on any atom is -0.504 e. The maximum Gasteiger partial charge on any atom is 0.160 e. The number of likely N-dealkylation sites (tertiary alicyclic amines) is 1. The Kier molecular flexibility index (Phi) is 3.36. The van der Waals surface area contributed by atoms with Gasteiger partial charge in [-0.15, -0.1) is 17.0 Å². The molecule has 1 heterocycles. The zero-order valence-corrected chi connectivity index (χ0v) is 11.6. The molecule has 2 atom stereocenters. The Bertz CT molecular complexity index is 436. The Hall–Kier alpha value is -0.740. The highest BCUT2D eigenvalue weighted by Crippen LogP contribution is 2.45. The number of halogens is 1. The lowest BCUT2D eigenvalue weighted by Gasteiger charge is -2.32. The minimum absolute atomic E-state index is 0. The van der Waals surface area contributed by atoms with E-state index in [9.17, 15) is 10.2 Å². The van der Waals surface area contributed by atoms with Gasteiger partial charge in [0.2, 0.25) is 0 Å². The molecule has 1 aliphatic heterocycles. The molecule has 2 N–H and O–H groups in total. The predicted molar refractivity (Wildman–Crippen MR) is 72.2 cm³/mol. The van der Waals surface area contributed by atoms with E-state index in [1.807, 2.05) is 6.07 Å². The van der Waals surface area contributed by atoms with Crippen LogP contribution in [0, 0.1) is 0 Å². The fourth-order valence-corrected chi connectivity index (χ4v) is 3.33. The third-order valence-corrected chi connectivity index (χ3v) is 4.21. The molecule has 1 saturated heterocycles. The molecule has 0 unspecified atom stereocenters. The van der Waals surface area contributed by atoms with Crippen molar-refractivity contribution in [3.05, 3.63) is 23.3 Å². The van der Waals surface area contributed by atoms with Crippen LogP contribution in [0.5, 0.6) is 11.5 Å². The van der Waals surface area contributed by atoms with E-state index in [1.54, 1.807) is 6.07 Å². The highest BCUT2D eigenvalue weighted by Gasteiger charge is 2.37. The topological polar surface area (TPSA) is 43.7 Å². The first-order valence-electron chi connectivity index (χ1n) is 5.92. The number of benzene rings is 1. The van der Waals surface area contributed by atoms with E-state index in [1.165, 1.54) is 12.0 Å². The summed E-state index contributed by atoms with van der Waals surface area (Å²) in [6.07, 6.45) is 3.13. The molecule has 17 heavy (non-hydrogen) atoms. The molecule has 2 aliphatic rings. The Morgan fingerprint density at radius 1 is 1.24 bits per heavy atom. The predicted octanol–water partition coefficient (Wildman–Crippen LogP) is 2.41. The van der Waals surface area contributed by atoms with Crippen LogP contribution in [0.4, 0.5) is 0 Å². The summed E-state index contributed by atoms with van der Waals surface area (Å²) in [6.45, 7) is 1.14. The number of aromatic hydroxyl groups is 2. The van der Waals surface area contributed by atoms with Crippen LogP contribution in [-0.2, 0) is 6.42 Å². The fourth-order valence-electron chi connectivity index (χ4n) is 3.33. The Balaban J connectivity index is 0.00000108. The molecule has 0 bridgehead atoms. The van der Waals surface area contributed by atoms with Crippen molar-refractivity contribution >= 4 is 17.0 Å². The molecule has 1 aliphatic carbocycles. The largest absolute Gasteiger partial charge is 0.504 e. The highest BCUT2D eigenvalue weighted by molar-refractivity contribution is 8.93. The van der Waals surface area contributed by atoms with Gasteiger partial charge < -0.3 is 15.1 Å². The zero-order valence-electron chi connectivity index (χ0n) is 9.89. The summed E-state index contributed by atoms with van der Waals surface area (Å²) in [5.74, 6) is 0.661. The summed E-state index contributed by atoms with van der Waals surface area (Å²) in [4.78, 5) is 2.41. The summed E-state index contributed by atoms with van der Waals surface area (Å²) >= 11 is 0. The molecule has 0 radical (unpaired) electrons. The first kappa shape index (κ1) is 12.7. The van der Waals surface area contributed by atoms with E-state index in [0.29, 0.717) is 12.0 Å². The third-order valence-electron chi connectivity index (χ3n) is 4.21. The molecule has 1 aromatic rings. The van der Waals surface area contributed by atoms with Crippen molar-refractivity contribution in [1.29, 1.82) is 0 Å². The SMILES string of the molecule is Br.CN1CC[C@@H]2c3ccc(O)c(O)c3CC[C@H]21. The van der Waals surface area contributed by atoms with Gasteiger partial charge in [0.05, 0.1) is 0 Å². The second-order valence-corrected chi connectivity index (χ2v) is 4.98. The van der Waals surface area contributed by atoms with Crippen LogP contribution in [0.1, 0.15) is 29.9 Å². The molecule has 4 heteroatoms. The Morgan fingerprint density at radius 2 is 2.00 bits per heavy atom. The van der Waals surface area contributed by atoms with Crippen molar-refractivity contribution in [2.75, 3.05) is 13.6 Å². The van der Waals surface area contributed by atoms with Crippen molar-refractivity contribution < 1.29 is 10.2 Å². The van der Waals surface area contributed by atoms with E-state index in [2.05, 4.69) is 11.9 Å². The number of rotatable bonds is 0. The minimum atomic E-state index is 0. The van der Waals surface area contributed by atoms with Crippen molar-refractivity contribution in [3.8, 4) is 11.5 Å². The van der Waals surface area contributed by atoms with Crippen LogP contribution in [-0.4, -0.2) is 34.7 Å². The molecule has 1 aromatic carbocycles. The second-order valence-electron chi connectivity index (χ2n) is 4.98. The number of fused-ring (bicyclic) bond motifs is 3. The Labute approximate surface area is 112 Å². The maximum atomic E-state index is 9.87. The van der Waals surface area contributed by atoms with Gasteiger partial charge in [-0.25, -0.2) is 0 Å². The van der Waals surface area contributed by atoms with Crippen molar-refractivity contribution in [3.63, 3.8) is 0 Å². The fraction of sp³-hybridized carbons (Fsp3) is 0.538. The number of phenolic OH excluding ortho intramolecular Hbond substituents is 2. The average molecular weight is 300 g/mol. The van der Waals surface area contributed by atoms with Gasteiger partial charge in [-0.1, -0.05) is 6.07 Å². The summed E-state index contributed by atoms with van der Waals surface area (Å²) < 4.78 is 0. The molecular weight excluding hydrogens is 282 g/mol. The molecule has 0 saturated carbocycles. The third kappa shape index (κ3) is 1.83. The van der Waals surface area contributed by atoms with Gasteiger partial charge in [0.25, 0.3) is 0 Å². The van der Waals surface area contributed by atoms with Crippen LogP contribution in [0.2, 0.25) is 0 Å². The monoisotopic (exact) mass is 299 g/mol. The Morgan fingerprint density at radius 3 is 2.76 bits per heavy atom. The van der Waals surface area contributed by atoms with Gasteiger partial charge in [-0.05, 0) is 44.5 Å². The standard InChI is InChI=1S/C13H17NO2.BrH/c1-14-7-6-9-8-3-5-12(15)13(16)10(8)2-4-11(9)14;/h3,5,9,11,15-16H,2,4,6-7H2,1H3;1H/t9-,11-;/m1./s1. The molecule has 94 valence electrons. The van der Waals surface area contributed by atoms with Crippen molar-refractivity contribution in [2.45, 2.75) is 31.2 Å². The number of likely N-dealkylation sites (N-methyl/N-ethyl adjacent to an activating group) is 1. The zero-order chi connectivity index (χ0) is 11.3. The van der Waals surface area contributed by atoms with Crippen LogP contribution in [0.25, 0.3) is 0 Å². The van der Waals surface area contributed by atoms with E-state index in [0.717, 1.165) is 24.9 Å².